The SMILES string of the molecule is CCC(C)(S)OCCN. The molecule has 3 heteroatoms. The van der Waals surface area contributed by atoms with Gasteiger partial charge in [0, 0.05) is 6.54 Å². The molecule has 0 aliphatic carbocycles. The Morgan fingerprint density at radius 1 is 1.67 bits per heavy atom. The van der Waals surface area contributed by atoms with Gasteiger partial charge in [0.15, 0.2) is 0 Å². The van der Waals surface area contributed by atoms with E-state index in [2.05, 4.69) is 12.6 Å². The van der Waals surface area contributed by atoms with Crippen LogP contribution in [0.15, 0.2) is 0 Å². The van der Waals surface area contributed by atoms with E-state index in [1.165, 1.54) is 0 Å². The minimum Gasteiger partial charge on any atom is -0.364 e. The van der Waals surface area contributed by atoms with Crippen molar-refractivity contribution in [3.8, 4) is 0 Å². The molecule has 0 saturated carbocycles. The van der Waals surface area contributed by atoms with Crippen molar-refractivity contribution in [3.05, 3.63) is 0 Å². The predicted molar refractivity (Wildman–Crippen MR) is 42.7 cm³/mol. The molecule has 2 N–H and O–H groups in total. The summed E-state index contributed by atoms with van der Waals surface area (Å²) in [4.78, 5) is -0.292. The fourth-order valence-corrected chi connectivity index (χ4v) is 0.472. The van der Waals surface area contributed by atoms with Gasteiger partial charge in [-0.1, -0.05) is 6.92 Å². The molecule has 0 aromatic carbocycles. The summed E-state index contributed by atoms with van der Waals surface area (Å²) in [6.45, 7) is 5.12. The Morgan fingerprint density at radius 3 is 2.56 bits per heavy atom. The van der Waals surface area contributed by atoms with Crippen LogP contribution in [0, 0.1) is 0 Å². The second-order valence-electron chi connectivity index (χ2n) is 2.17. The lowest BCUT2D eigenvalue weighted by molar-refractivity contribution is 0.0435. The Bertz CT molecular complexity index is 75.5. The molecule has 0 spiro atoms. The highest BCUT2D eigenvalue weighted by molar-refractivity contribution is 7.81. The zero-order chi connectivity index (χ0) is 7.33. The fraction of sp³-hybridized carbons (Fsp3) is 1.00. The van der Waals surface area contributed by atoms with Crippen LogP contribution in [-0.2, 0) is 4.74 Å². The first-order valence-corrected chi connectivity index (χ1v) is 3.63. The van der Waals surface area contributed by atoms with Crippen LogP contribution in [0.3, 0.4) is 0 Å². The van der Waals surface area contributed by atoms with Crippen LogP contribution in [0.2, 0.25) is 0 Å². The first-order valence-electron chi connectivity index (χ1n) is 3.19. The molecular formula is C6H15NOS. The molecular weight excluding hydrogens is 134 g/mol. The second-order valence-corrected chi connectivity index (χ2v) is 3.11. The van der Waals surface area contributed by atoms with Gasteiger partial charge in [0.1, 0.15) is 4.93 Å². The fourth-order valence-electron chi connectivity index (χ4n) is 0.381. The smallest absolute Gasteiger partial charge is 0.107 e. The average molecular weight is 149 g/mol. The van der Waals surface area contributed by atoms with E-state index in [4.69, 9.17) is 10.5 Å². The molecule has 0 aliphatic heterocycles. The maximum absolute atomic E-state index is 5.27. The molecule has 0 heterocycles. The van der Waals surface area contributed by atoms with Crippen LogP contribution >= 0.6 is 12.6 Å². The largest absolute Gasteiger partial charge is 0.364 e. The van der Waals surface area contributed by atoms with E-state index < -0.39 is 0 Å². The van der Waals surface area contributed by atoms with E-state index in [0.29, 0.717) is 13.2 Å². The number of hydrogen-bond donors (Lipinski definition) is 2. The van der Waals surface area contributed by atoms with E-state index in [-0.39, 0.29) is 4.93 Å². The van der Waals surface area contributed by atoms with E-state index in [1.807, 2.05) is 13.8 Å². The summed E-state index contributed by atoms with van der Waals surface area (Å²) < 4.78 is 5.27. The highest BCUT2D eigenvalue weighted by Gasteiger charge is 2.14. The van der Waals surface area contributed by atoms with Crippen LogP contribution < -0.4 is 5.73 Å². The molecule has 0 radical (unpaired) electrons. The molecule has 0 rings (SSSR count). The third-order valence-corrected chi connectivity index (χ3v) is 1.63. The normalized spacial score (nSPS) is 17.3. The summed E-state index contributed by atoms with van der Waals surface area (Å²) in [6.07, 6.45) is 0.899. The highest BCUT2D eigenvalue weighted by atomic mass is 32.1. The van der Waals surface area contributed by atoms with Gasteiger partial charge in [-0.2, -0.15) is 0 Å². The van der Waals surface area contributed by atoms with Gasteiger partial charge in [-0.3, -0.25) is 0 Å². The van der Waals surface area contributed by atoms with Gasteiger partial charge < -0.3 is 10.5 Å². The molecule has 0 aliphatic rings. The van der Waals surface area contributed by atoms with Crippen molar-refractivity contribution < 1.29 is 4.74 Å². The van der Waals surface area contributed by atoms with Crippen molar-refractivity contribution in [1.82, 2.24) is 0 Å². The molecule has 0 aromatic rings. The average Bonchev–Trinajstić information content (AvgIpc) is 1.84. The van der Waals surface area contributed by atoms with Crippen LogP contribution in [0.1, 0.15) is 20.3 Å². The van der Waals surface area contributed by atoms with Gasteiger partial charge in [0.25, 0.3) is 0 Å². The third kappa shape index (κ3) is 4.75. The van der Waals surface area contributed by atoms with Crippen LogP contribution in [-0.4, -0.2) is 18.1 Å². The highest BCUT2D eigenvalue weighted by Crippen LogP contribution is 2.18. The number of rotatable bonds is 4. The molecule has 0 bridgehead atoms. The monoisotopic (exact) mass is 149 g/mol. The first kappa shape index (κ1) is 9.27. The molecule has 0 aromatic heterocycles. The predicted octanol–water partition coefficient (Wildman–Crippen LogP) is 1.02. The number of ether oxygens (including phenoxy) is 1. The molecule has 56 valence electrons. The molecule has 9 heavy (non-hydrogen) atoms. The lowest BCUT2D eigenvalue weighted by Gasteiger charge is -2.21. The summed E-state index contributed by atoms with van der Waals surface area (Å²) in [6, 6.07) is 0. The Labute approximate surface area is 62.2 Å². The van der Waals surface area contributed by atoms with Crippen molar-refractivity contribution in [2.24, 2.45) is 5.73 Å². The quantitative estimate of drug-likeness (QED) is 0.462. The van der Waals surface area contributed by atoms with Gasteiger partial charge in [-0.25, -0.2) is 0 Å². The molecule has 2 nitrogen and oxygen atoms in total. The lowest BCUT2D eigenvalue weighted by atomic mass is 10.3. The molecule has 0 fully saturated rings. The lowest BCUT2D eigenvalue weighted by Crippen LogP contribution is -2.23. The van der Waals surface area contributed by atoms with Gasteiger partial charge >= 0.3 is 0 Å². The van der Waals surface area contributed by atoms with Gasteiger partial charge in [0.05, 0.1) is 6.61 Å². The number of nitrogens with two attached hydrogens (primary N) is 1. The number of hydrogen-bond acceptors (Lipinski definition) is 3. The Hall–Kier alpha value is 0.270. The van der Waals surface area contributed by atoms with Crippen molar-refractivity contribution >= 4 is 12.6 Å². The van der Waals surface area contributed by atoms with Crippen molar-refractivity contribution in [2.75, 3.05) is 13.2 Å². The molecule has 0 saturated heterocycles. The Balaban J connectivity index is 3.33. The van der Waals surface area contributed by atoms with E-state index >= 15 is 0 Å². The maximum Gasteiger partial charge on any atom is 0.107 e. The van der Waals surface area contributed by atoms with Crippen molar-refractivity contribution in [3.63, 3.8) is 0 Å². The zero-order valence-electron chi connectivity index (χ0n) is 6.05. The molecule has 0 amide bonds. The summed E-state index contributed by atoms with van der Waals surface area (Å²) in [5.41, 5.74) is 5.23. The standard InChI is InChI=1S/C6H15NOS/c1-3-6(2,9)8-5-4-7/h9H,3-5,7H2,1-2H3. The zero-order valence-corrected chi connectivity index (χ0v) is 6.95. The van der Waals surface area contributed by atoms with Gasteiger partial charge in [0.2, 0.25) is 0 Å². The first-order chi connectivity index (χ1) is 4.12. The van der Waals surface area contributed by atoms with Crippen molar-refractivity contribution in [1.29, 1.82) is 0 Å². The van der Waals surface area contributed by atoms with Gasteiger partial charge in [-0.05, 0) is 13.3 Å². The summed E-state index contributed by atoms with van der Waals surface area (Å²) in [5.74, 6) is 0. The third-order valence-electron chi connectivity index (χ3n) is 1.19. The molecule has 1 atom stereocenters. The minimum absolute atomic E-state index is 0.292. The maximum atomic E-state index is 5.27. The van der Waals surface area contributed by atoms with E-state index in [0.717, 1.165) is 6.42 Å². The Kier molecular flexibility index (Phi) is 4.27. The van der Waals surface area contributed by atoms with E-state index in [9.17, 15) is 0 Å². The van der Waals surface area contributed by atoms with Crippen LogP contribution in [0.4, 0.5) is 0 Å². The van der Waals surface area contributed by atoms with Crippen molar-refractivity contribution in [2.45, 2.75) is 25.2 Å². The van der Waals surface area contributed by atoms with Crippen LogP contribution in [0.5, 0.6) is 0 Å². The summed E-state index contributed by atoms with van der Waals surface area (Å²) in [7, 11) is 0. The van der Waals surface area contributed by atoms with Gasteiger partial charge in [-0.15, -0.1) is 12.6 Å². The topological polar surface area (TPSA) is 35.2 Å². The van der Waals surface area contributed by atoms with Crippen LogP contribution in [0.25, 0.3) is 0 Å². The van der Waals surface area contributed by atoms with E-state index in [1.54, 1.807) is 0 Å². The second kappa shape index (κ2) is 4.14. The summed E-state index contributed by atoms with van der Waals surface area (Å²) in [5, 5.41) is 0. The summed E-state index contributed by atoms with van der Waals surface area (Å²) >= 11 is 4.24. The Morgan fingerprint density at radius 2 is 2.22 bits per heavy atom. The number of thiol groups is 1. The minimum atomic E-state index is -0.292. The molecule has 1 unspecified atom stereocenters.